The third-order valence-corrected chi connectivity index (χ3v) is 10.8. The second kappa shape index (κ2) is 11.4. The van der Waals surface area contributed by atoms with E-state index in [0.717, 1.165) is 68.1 Å². The summed E-state index contributed by atoms with van der Waals surface area (Å²) < 4.78 is 37.8. The average molecular weight is 614 g/mol. The summed E-state index contributed by atoms with van der Waals surface area (Å²) in [7, 11) is 0. The molecule has 236 valence electrons. The summed E-state index contributed by atoms with van der Waals surface area (Å²) in [4.78, 5) is 14.1. The van der Waals surface area contributed by atoms with Crippen LogP contribution in [0.2, 0.25) is 0 Å². The molecule has 4 atom stereocenters. The fraction of sp³-hybridized carbons (Fsp3) is 0.500. The van der Waals surface area contributed by atoms with Crippen LogP contribution in [0.4, 0.5) is 14.6 Å². The van der Waals surface area contributed by atoms with Gasteiger partial charge in [-0.05, 0) is 85.2 Å². The quantitative estimate of drug-likeness (QED) is 0.256. The first-order valence-electron chi connectivity index (χ1n) is 16.7. The number of alkyl halides is 1. The zero-order valence-electron chi connectivity index (χ0n) is 25.9. The predicted molar refractivity (Wildman–Crippen MR) is 173 cm³/mol. The van der Waals surface area contributed by atoms with E-state index in [1.165, 1.54) is 12.8 Å². The SMILES string of the molecule is CCc1cccc2cc(O)cc(-c3ccc4c(N5CC[C@H]6CCC[C@@H](C5)N6)nc(OC[C@@]56CCCN5C[C@H](F)C6)nc4c3F)c12. The van der Waals surface area contributed by atoms with Gasteiger partial charge in [-0.15, -0.1) is 0 Å². The van der Waals surface area contributed by atoms with Crippen LogP contribution in [0.5, 0.6) is 11.8 Å². The Bertz CT molecular complexity index is 1770. The molecule has 0 amide bonds. The molecule has 4 fully saturated rings. The van der Waals surface area contributed by atoms with Crippen LogP contribution in [-0.4, -0.2) is 76.6 Å². The summed E-state index contributed by atoms with van der Waals surface area (Å²) in [5, 5.41) is 16.9. The number of fused-ring (bicyclic) bond motifs is 5. The molecule has 9 heteroatoms. The van der Waals surface area contributed by atoms with E-state index >= 15 is 4.39 Å². The van der Waals surface area contributed by atoms with Gasteiger partial charge in [-0.2, -0.15) is 9.97 Å². The van der Waals surface area contributed by atoms with Gasteiger partial charge in [0.2, 0.25) is 0 Å². The molecule has 8 rings (SSSR count). The molecule has 4 aromatic rings. The van der Waals surface area contributed by atoms with Gasteiger partial charge in [-0.1, -0.05) is 37.6 Å². The number of phenolic OH excluding ortho intramolecular Hbond substituents is 1. The molecule has 0 spiro atoms. The standard InChI is InChI=1S/C36H41F2N5O2/c1-2-22-6-3-7-23-16-27(44)17-30(31(22)23)28-10-11-29-33(32(28)38)40-35(45-21-36-13-5-14-43(36)19-24(37)18-36)41-34(29)42-15-12-25-8-4-9-26(20-42)39-25/h3,6-7,10-11,16-17,24-26,39,44H,2,4-5,8-9,12-15,18-21H2,1H3/t24-,25-,26+,36+/m1/s1. The van der Waals surface area contributed by atoms with Crippen LogP contribution >= 0.6 is 0 Å². The maximum Gasteiger partial charge on any atom is 0.319 e. The summed E-state index contributed by atoms with van der Waals surface area (Å²) in [5.41, 5.74) is 1.94. The molecule has 3 aromatic carbocycles. The van der Waals surface area contributed by atoms with E-state index in [9.17, 15) is 9.50 Å². The van der Waals surface area contributed by atoms with Gasteiger partial charge < -0.3 is 20.1 Å². The zero-order valence-corrected chi connectivity index (χ0v) is 25.9. The van der Waals surface area contributed by atoms with Crippen LogP contribution in [0.25, 0.3) is 32.8 Å². The van der Waals surface area contributed by atoms with Crippen molar-refractivity contribution >= 4 is 27.5 Å². The minimum atomic E-state index is -0.865. The van der Waals surface area contributed by atoms with Crippen LogP contribution < -0.4 is 15.0 Å². The molecule has 0 unspecified atom stereocenters. The number of piperidine rings is 1. The second-order valence-electron chi connectivity index (χ2n) is 13.6. The van der Waals surface area contributed by atoms with Gasteiger partial charge in [0.25, 0.3) is 0 Å². The van der Waals surface area contributed by atoms with Gasteiger partial charge in [0.15, 0.2) is 5.82 Å². The smallest absolute Gasteiger partial charge is 0.319 e. The minimum Gasteiger partial charge on any atom is -0.508 e. The Morgan fingerprint density at radius 1 is 1.02 bits per heavy atom. The van der Waals surface area contributed by atoms with Crippen molar-refractivity contribution in [1.29, 1.82) is 0 Å². The minimum absolute atomic E-state index is 0.0870. The van der Waals surface area contributed by atoms with Gasteiger partial charge in [-0.25, -0.2) is 8.78 Å². The van der Waals surface area contributed by atoms with Gasteiger partial charge in [0, 0.05) is 49.1 Å². The highest BCUT2D eigenvalue weighted by Crippen LogP contribution is 2.42. The second-order valence-corrected chi connectivity index (χ2v) is 13.6. The summed E-state index contributed by atoms with van der Waals surface area (Å²) in [6, 6.07) is 14.0. The van der Waals surface area contributed by atoms with Gasteiger partial charge in [0.05, 0.1) is 5.54 Å². The number of anilines is 1. The lowest BCUT2D eigenvalue weighted by Crippen LogP contribution is -2.44. The predicted octanol–water partition coefficient (Wildman–Crippen LogP) is 6.53. The molecule has 5 heterocycles. The number of aryl methyl sites for hydroxylation is 1. The van der Waals surface area contributed by atoms with Crippen molar-refractivity contribution in [2.45, 2.75) is 82.1 Å². The van der Waals surface area contributed by atoms with Crippen molar-refractivity contribution in [1.82, 2.24) is 20.2 Å². The Labute approximate surface area is 262 Å². The Kier molecular flexibility index (Phi) is 7.29. The largest absolute Gasteiger partial charge is 0.508 e. The maximum atomic E-state index is 17.0. The number of phenols is 1. The lowest BCUT2D eigenvalue weighted by molar-refractivity contribution is 0.107. The molecule has 1 aromatic heterocycles. The van der Waals surface area contributed by atoms with Crippen molar-refractivity contribution < 1.29 is 18.6 Å². The average Bonchev–Trinajstić information content (AvgIpc) is 3.52. The molecule has 4 saturated heterocycles. The molecule has 45 heavy (non-hydrogen) atoms. The Morgan fingerprint density at radius 2 is 1.91 bits per heavy atom. The lowest BCUT2D eigenvalue weighted by atomic mass is 9.92. The molecule has 7 nitrogen and oxygen atoms in total. The Morgan fingerprint density at radius 3 is 2.80 bits per heavy atom. The number of nitrogens with one attached hydrogen (secondary N) is 1. The van der Waals surface area contributed by atoms with E-state index < -0.39 is 12.0 Å². The molecule has 2 bridgehead atoms. The van der Waals surface area contributed by atoms with E-state index in [1.807, 2.05) is 18.2 Å². The van der Waals surface area contributed by atoms with Crippen LogP contribution in [0.1, 0.15) is 57.4 Å². The normalized spacial score (nSPS) is 26.8. The van der Waals surface area contributed by atoms with E-state index in [-0.39, 0.29) is 29.4 Å². The molecular formula is C36H41F2N5O2. The summed E-state index contributed by atoms with van der Waals surface area (Å²) in [5.74, 6) is 0.306. The third-order valence-electron chi connectivity index (χ3n) is 10.8. The Hall–Kier alpha value is -3.56. The number of nitrogens with zero attached hydrogens (tertiary/aromatic N) is 4. The van der Waals surface area contributed by atoms with Crippen molar-refractivity contribution in [2.75, 3.05) is 37.7 Å². The molecule has 4 aliphatic rings. The molecule has 0 radical (unpaired) electrons. The number of aromatic hydroxyl groups is 1. The van der Waals surface area contributed by atoms with Crippen molar-refractivity contribution in [3.05, 3.63) is 53.8 Å². The molecule has 4 aliphatic heterocycles. The van der Waals surface area contributed by atoms with Crippen LogP contribution in [0, 0.1) is 5.82 Å². The van der Waals surface area contributed by atoms with Crippen LogP contribution in [-0.2, 0) is 6.42 Å². The molecule has 2 N–H and O–H groups in total. The Balaban J connectivity index is 1.26. The number of aromatic nitrogens is 2. The van der Waals surface area contributed by atoms with Crippen LogP contribution in [0.3, 0.4) is 0 Å². The summed E-state index contributed by atoms with van der Waals surface area (Å²) in [6.45, 7) is 5.25. The van der Waals surface area contributed by atoms with Crippen molar-refractivity contribution in [2.24, 2.45) is 0 Å². The number of halogens is 2. The van der Waals surface area contributed by atoms with E-state index in [2.05, 4.69) is 28.1 Å². The third kappa shape index (κ3) is 5.08. The summed E-state index contributed by atoms with van der Waals surface area (Å²) >= 11 is 0. The monoisotopic (exact) mass is 613 g/mol. The number of hydrogen-bond acceptors (Lipinski definition) is 7. The lowest BCUT2D eigenvalue weighted by Gasteiger charge is -2.31. The number of rotatable bonds is 6. The highest BCUT2D eigenvalue weighted by molar-refractivity contribution is 6.03. The van der Waals surface area contributed by atoms with Gasteiger partial charge in [0.1, 0.15) is 29.9 Å². The van der Waals surface area contributed by atoms with E-state index in [4.69, 9.17) is 14.7 Å². The zero-order chi connectivity index (χ0) is 30.7. The number of hydrogen-bond donors (Lipinski definition) is 2. The van der Waals surface area contributed by atoms with Crippen LogP contribution in [0.15, 0.2) is 42.5 Å². The molecular weight excluding hydrogens is 572 g/mol. The first-order chi connectivity index (χ1) is 21.9. The maximum absolute atomic E-state index is 17.0. The fourth-order valence-corrected chi connectivity index (χ4v) is 8.63. The highest BCUT2D eigenvalue weighted by atomic mass is 19.1. The van der Waals surface area contributed by atoms with Crippen molar-refractivity contribution in [3.8, 4) is 22.9 Å². The van der Waals surface area contributed by atoms with Gasteiger partial charge in [-0.3, -0.25) is 4.90 Å². The van der Waals surface area contributed by atoms with Gasteiger partial charge >= 0.3 is 6.01 Å². The fourth-order valence-electron chi connectivity index (χ4n) is 8.63. The highest BCUT2D eigenvalue weighted by Gasteiger charge is 2.49. The topological polar surface area (TPSA) is 73.8 Å². The first-order valence-corrected chi connectivity index (χ1v) is 16.7. The van der Waals surface area contributed by atoms with Crippen molar-refractivity contribution in [3.63, 3.8) is 0 Å². The summed E-state index contributed by atoms with van der Waals surface area (Å²) in [6.07, 6.45) is 6.71. The number of ether oxygens (including phenoxy) is 1. The molecule has 0 aliphatic carbocycles. The number of benzene rings is 3. The first kappa shape index (κ1) is 28.9. The molecule has 0 saturated carbocycles. The van der Waals surface area contributed by atoms with E-state index in [1.54, 1.807) is 18.2 Å². The van der Waals surface area contributed by atoms with E-state index in [0.29, 0.717) is 47.4 Å².